The van der Waals surface area contributed by atoms with Crippen LogP contribution in [0.4, 0.5) is 0 Å². The van der Waals surface area contributed by atoms with Gasteiger partial charge in [0.1, 0.15) is 5.82 Å². The van der Waals surface area contributed by atoms with Crippen LogP contribution in [0.3, 0.4) is 0 Å². The highest BCUT2D eigenvalue weighted by Crippen LogP contribution is 2.16. The van der Waals surface area contributed by atoms with E-state index in [9.17, 15) is 0 Å². The summed E-state index contributed by atoms with van der Waals surface area (Å²) >= 11 is 5.86. The van der Waals surface area contributed by atoms with Gasteiger partial charge in [0.2, 0.25) is 0 Å². The fourth-order valence-corrected chi connectivity index (χ4v) is 1.65. The van der Waals surface area contributed by atoms with Crippen molar-refractivity contribution in [2.75, 3.05) is 0 Å². The van der Waals surface area contributed by atoms with E-state index in [2.05, 4.69) is 23.9 Å². The van der Waals surface area contributed by atoms with Crippen LogP contribution in [-0.4, -0.2) is 14.8 Å². The van der Waals surface area contributed by atoms with Gasteiger partial charge in [-0.2, -0.15) is 5.10 Å². The number of nitrogens with zero attached hydrogens (tertiary/aromatic N) is 3. The Balaban J connectivity index is 2.46. The van der Waals surface area contributed by atoms with Gasteiger partial charge in [-0.15, -0.1) is 0 Å². The molecule has 4 nitrogen and oxygen atoms in total. The van der Waals surface area contributed by atoms with Gasteiger partial charge in [-0.05, 0) is 24.3 Å². The van der Waals surface area contributed by atoms with E-state index in [1.165, 1.54) is 0 Å². The maximum absolute atomic E-state index is 5.86. The van der Waals surface area contributed by atoms with Crippen LogP contribution in [-0.2, 0) is 6.54 Å². The minimum Gasteiger partial charge on any atom is -0.324 e. The average Bonchev–Trinajstić information content (AvgIpc) is 2.74. The van der Waals surface area contributed by atoms with E-state index < -0.39 is 0 Å². The molecule has 2 rings (SSSR count). The van der Waals surface area contributed by atoms with Crippen molar-refractivity contribution in [3.8, 4) is 5.69 Å². The van der Waals surface area contributed by atoms with Crippen molar-refractivity contribution in [3.63, 3.8) is 0 Å². The second-order valence-corrected chi connectivity index (χ2v) is 4.57. The van der Waals surface area contributed by atoms with Crippen molar-refractivity contribution in [1.82, 2.24) is 14.8 Å². The number of nitrogens with two attached hydrogens (primary N) is 1. The number of hydrogen-bond acceptors (Lipinski definition) is 3. The molecule has 0 aliphatic rings. The first-order valence-corrected chi connectivity index (χ1v) is 5.91. The molecule has 0 aliphatic heterocycles. The zero-order valence-corrected chi connectivity index (χ0v) is 10.6. The van der Waals surface area contributed by atoms with Crippen molar-refractivity contribution in [1.29, 1.82) is 0 Å². The highest BCUT2D eigenvalue weighted by molar-refractivity contribution is 6.30. The number of benzene rings is 1. The second-order valence-electron chi connectivity index (χ2n) is 4.13. The summed E-state index contributed by atoms with van der Waals surface area (Å²) in [4.78, 5) is 4.42. The summed E-state index contributed by atoms with van der Waals surface area (Å²) in [5.41, 5.74) is 6.61. The van der Waals surface area contributed by atoms with Crippen molar-refractivity contribution in [2.45, 2.75) is 26.3 Å². The van der Waals surface area contributed by atoms with Crippen LogP contribution in [0.25, 0.3) is 5.69 Å². The fourth-order valence-electron chi connectivity index (χ4n) is 1.53. The summed E-state index contributed by atoms with van der Waals surface area (Å²) < 4.78 is 1.77. The second kappa shape index (κ2) is 4.85. The molecule has 1 aromatic carbocycles. The van der Waals surface area contributed by atoms with Gasteiger partial charge >= 0.3 is 0 Å². The largest absolute Gasteiger partial charge is 0.324 e. The Morgan fingerprint density at radius 3 is 2.47 bits per heavy atom. The monoisotopic (exact) mass is 250 g/mol. The molecule has 0 radical (unpaired) electrons. The van der Waals surface area contributed by atoms with Crippen molar-refractivity contribution in [3.05, 3.63) is 40.9 Å². The molecule has 0 amide bonds. The van der Waals surface area contributed by atoms with Gasteiger partial charge in [-0.3, -0.25) is 0 Å². The minimum absolute atomic E-state index is 0.286. The number of hydrogen-bond donors (Lipinski definition) is 1. The maximum atomic E-state index is 5.86. The van der Waals surface area contributed by atoms with E-state index >= 15 is 0 Å². The van der Waals surface area contributed by atoms with Crippen LogP contribution in [0.15, 0.2) is 24.3 Å². The number of halogens is 1. The van der Waals surface area contributed by atoms with Crippen LogP contribution in [0, 0.1) is 0 Å². The lowest BCUT2D eigenvalue weighted by Crippen LogP contribution is -2.07. The Kier molecular flexibility index (Phi) is 3.45. The van der Waals surface area contributed by atoms with Gasteiger partial charge in [0.25, 0.3) is 0 Å². The third-order valence-corrected chi connectivity index (χ3v) is 2.71. The van der Waals surface area contributed by atoms with Crippen LogP contribution in [0.5, 0.6) is 0 Å². The topological polar surface area (TPSA) is 56.7 Å². The Morgan fingerprint density at radius 1 is 1.29 bits per heavy atom. The van der Waals surface area contributed by atoms with E-state index in [1.807, 2.05) is 24.3 Å². The minimum atomic E-state index is 0.286. The third-order valence-electron chi connectivity index (χ3n) is 2.46. The normalized spacial score (nSPS) is 11.1. The summed E-state index contributed by atoms with van der Waals surface area (Å²) in [6.07, 6.45) is 0. The van der Waals surface area contributed by atoms with Crippen LogP contribution in [0.2, 0.25) is 5.02 Å². The van der Waals surface area contributed by atoms with Crippen LogP contribution in [0.1, 0.15) is 31.4 Å². The molecule has 90 valence electrons. The molecular formula is C12H15ClN4. The Morgan fingerprint density at radius 2 is 1.94 bits per heavy atom. The SMILES string of the molecule is CC(C)c1nc(CN)n(-c2ccc(Cl)cc2)n1. The Labute approximate surface area is 105 Å². The van der Waals surface area contributed by atoms with Gasteiger partial charge in [0, 0.05) is 10.9 Å². The molecule has 0 atom stereocenters. The van der Waals surface area contributed by atoms with Gasteiger partial charge in [-0.1, -0.05) is 25.4 Å². The summed E-state index contributed by atoms with van der Waals surface area (Å²) in [5, 5.41) is 5.16. The van der Waals surface area contributed by atoms with Gasteiger partial charge in [0.15, 0.2) is 5.82 Å². The quantitative estimate of drug-likeness (QED) is 0.911. The molecular weight excluding hydrogens is 236 g/mol. The van der Waals surface area contributed by atoms with Gasteiger partial charge < -0.3 is 5.73 Å². The lowest BCUT2D eigenvalue weighted by molar-refractivity contribution is 0.746. The van der Waals surface area contributed by atoms with Crippen LogP contribution < -0.4 is 5.73 Å². The predicted molar refractivity (Wildman–Crippen MR) is 68.3 cm³/mol. The van der Waals surface area contributed by atoms with E-state index in [4.69, 9.17) is 17.3 Å². The first-order valence-electron chi connectivity index (χ1n) is 5.53. The average molecular weight is 251 g/mol. The maximum Gasteiger partial charge on any atom is 0.153 e. The molecule has 0 saturated heterocycles. The smallest absolute Gasteiger partial charge is 0.153 e. The highest BCUT2D eigenvalue weighted by atomic mass is 35.5. The van der Waals surface area contributed by atoms with E-state index in [0.29, 0.717) is 11.6 Å². The third kappa shape index (κ3) is 2.48. The molecule has 5 heteroatoms. The van der Waals surface area contributed by atoms with E-state index in [0.717, 1.165) is 17.3 Å². The summed E-state index contributed by atoms with van der Waals surface area (Å²) in [6, 6.07) is 7.46. The molecule has 2 N–H and O–H groups in total. The van der Waals surface area contributed by atoms with Gasteiger partial charge in [-0.25, -0.2) is 9.67 Å². The molecule has 0 aliphatic carbocycles. The van der Waals surface area contributed by atoms with E-state index in [-0.39, 0.29) is 5.92 Å². The molecule has 0 spiro atoms. The summed E-state index contributed by atoms with van der Waals surface area (Å²) in [7, 11) is 0. The Bertz CT molecular complexity index is 502. The molecule has 0 saturated carbocycles. The zero-order valence-electron chi connectivity index (χ0n) is 9.89. The lowest BCUT2D eigenvalue weighted by atomic mass is 10.2. The Hall–Kier alpha value is -1.39. The molecule has 17 heavy (non-hydrogen) atoms. The fraction of sp³-hybridized carbons (Fsp3) is 0.333. The highest BCUT2D eigenvalue weighted by Gasteiger charge is 2.12. The van der Waals surface area contributed by atoms with E-state index in [1.54, 1.807) is 4.68 Å². The summed E-state index contributed by atoms with van der Waals surface area (Å²) in [5.74, 6) is 1.85. The molecule has 1 heterocycles. The lowest BCUT2D eigenvalue weighted by Gasteiger charge is -2.03. The number of aromatic nitrogens is 3. The predicted octanol–water partition coefficient (Wildman–Crippen LogP) is 2.50. The first-order chi connectivity index (χ1) is 8.11. The first kappa shape index (κ1) is 12.1. The van der Waals surface area contributed by atoms with Crippen molar-refractivity contribution in [2.24, 2.45) is 5.73 Å². The molecule has 1 aromatic heterocycles. The van der Waals surface area contributed by atoms with Crippen molar-refractivity contribution >= 4 is 11.6 Å². The molecule has 2 aromatic rings. The zero-order chi connectivity index (χ0) is 12.4. The number of rotatable bonds is 3. The van der Waals surface area contributed by atoms with Gasteiger partial charge in [0.05, 0.1) is 12.2 Å². The standard InChI is InChI=1S/C12H15ClN4/c1-8(2)12-15-11(7-14)17(16-12)10-5-3-9(13)4-6-10/h3-6,8H,7,14H2,1-2H3. The van der Waals surface area contributed by atoms with Crippen LogP contribution >= 0.6 is 11.6 Å². The molecule has 0 bridgehead atoms. The molecule has 0 unspecified atom stereocenters. The summed E-state index contributed by atoms with van der Waals surface area (Å²) in [6.45, 7) is 4.48. The molecule has 0 fully saturated rings. The van der Waals surface area contributed by atoms with Crippen molar-refractivity contribution < 1.29 is 0 Å².